The minimum atomic E-state index is -0.896. The second kappa shape index (κ2) is 8.96. The number of aliphatic carboxylic acids is 1. The minimum absolute atomic E-state index is 0. The number of amides is 1. The van der Waals surface area contributed by atoms with Crippen LogP contribution in [-0.4, -0.2) is 53.6 Å². The highest BCUT2D eigenvalue weighted by Gasteiger charge is 2.34. The van der Waals surface area contributed by atoms with E-state index in [0.29, 0.717) is 12.1 Å². The lowest BCUT2D eigenvalue weighted by atomic mass is 10.0. The SMILES string of the molecule is CC1(NCC(=O)O)CCN(CC(=O)NCc2ccccc2F)C1.Cl. The van der Waals surface area contributed by atoms with Crippen molar-refractivity contribution in [3.63, 3.8) is 0 Å². The van der Waals surface area contributed by atoms with Crippen molar-refractivity contribution in [2.75, 3.05) is 26.2 Å². The molecule has 0 bridgehead atoms. The van der Waals surface area contributed by atoms with E-state index in [2.05, 4.69) is 10.6 Å². The van der Waals surface area contributed by atoms with Gasteiger partial charge < -0.3 is 15.7 Å². The first-order valence-electron chi connectivity index (χ1n) is 7.57. The van der Waals surface area contributed by atoms with Gasteiger partial charge in [0.25, 0.3) is 0 Å². The normalized spacial score (nSPS) is 20.4. The van der Waals surface area contributed by atoms with Gasteiger partial charge in [0.15, 0.2) is 0 Å². The Morgan fingerprint density at radius 1 is 1.38 bits per heavy atom. The number of nitrogens with zero attached hydrogens (tertiary/aromatic N) is 1. The van der Waals surface area contributed by atoms with E-state index in [0.717, 1.165) is 13.0 Å². The zero-order chi connectivity index (χ0) is 16.9. The van der Waals surface area contributed by atoms with Crippen LogP contribution in [0.3, 0.4) is 0 Å². The molecule has 6 nitrogen and oxygen atoms in total. The number of carbonyl (C=O) groups excluding carboxylic acids is 1. The summed E-state index contributed by atoms with van der Waals surface area (Å²) < 4.78 is 13.5. The topological polar surface area (TPSA) is 81.7 Å². The Hall–Kier alpha value is -1.70. The number of rotatable bonds is 7. The molecule has 1 aromatic rings. The van der Waals surface area contributed by atoms with Crippen molar-refractivity contribution in [1.82, 2.24) is 15.5 Å². The van der Waals surface area contributed by atoms with Crippen molar-refractivity contribution in [3.05, 3.63) is 35.6 Å². The molecule has 0 aromatic heterocycles. The largest absolute Gasteiger partial charge is 0.480 e. The molecule has 1 aromatic carbocycles. The summed E-state index contributed by atoms with van der Waals surface area (Å²) in [6.07, 6.45) is 0.779. The third-order valence-corrected chi connectivity index (χ3v) is 4.02. The predicted molar refractivity (Wildman–Crippen MR) is 90.6 cm³/mol. The van der Waals surface area contributed by atoms with Crippen molar-refractivity contribution in [1.29, 1.82) is 0 Å². The van der Waals surface area contributed by atoms with Gasteiger partial charge >= 0.3 is 5.97 Å². The molecular formula is C16H23ClFN3O3. The average molecular weight is 360 g/mol. The molecule has 24 heavy (non-hydrogen) atoms. The molecule has 0 saturated carbocycles. The Labute approximate surface area is 146 Å². The number of hydrogen-bond acceptors (Lipinski definition) is 4. The summed E-state index contributed by atoms with van der Waals surface area (Å²) in [5, 5.41) is 14.4. The van der Waals surface area contributed by atoms with E-state index in [1.54, 1.807) is 18.2 Å². The fraction of sp³-hybridized carbons (Fsp3) is 0.500. The first kappa shape index (κ1) is 20.3. The van der Waals surface area contributed by atoms with Crippen molar-refractivity contribution in [2.45, 2.75) is 25.4 Å². The van der Waals surface area contributed by atoms with Gasteiger partial charge in [0, 0.05) is 30.7 Å². The van der Waals surface area contributed by atoms with Crippen molar-refractivity contribution in [3.8, 4) is 0 Å². The highest BCUT2D eigenvalue weighted by Crippen LogP contribution is 2.20. The van der Waals surface area contributed by atoms with Gasteiger partial charge in [-0.15, -0.1) is 12.4 Å². The lowest BCUT2D eigenvalue weighted by molar-refractivity contribution is -0.136. The highest BCUT2D eigenvalue weighted by atomic mass is 35.5. The lowest BCUT2D eigenvalue weighted by Gasteiger charge is -2.25. The standard InChI is InChI=1S/C16H22FN3O3.ClH/c1-16(19-9-15(22)23)6-7-20(11-16)10-14(21)18-8-12-4-2-3-5-13(12)17;/h2-5,19H,6-11H2,1H3,(H,18,21)(H,22,23);1H. The van der Waals surface area contributed by atoms with Crippen LogP contribution in [-0.2, 0) is 16.1 Å². The van der Waals surface area contributed by atoms with Gasteiger partial charge in [-0.3, -0.25) is 14.5 Å². The van der Waals surface area contributed by atoms with Gasteiger partial charge in [0.2, 0.25) is 5.91 Å². The molecule has 8 heteroatoms. The Bertz CT molecular complexity index is 587. The molecule has 1 unspecified atom stereocenters. The molecule has 1 aliphatic rings. The Kier molecular flexibility index (Phi) is 7.59. The van der Waals surface area contributed by atoms with E-state index in [1.807, 2.05) is 11.8 Å². The second-order valence-electron chi connectivity index (χ2n) is 6.14. The predicted octanol–water partition coefficient (Wildman–Crippen LogP) is 1.00. The van der Waals surface area contributed by atoms with Crippen LogP contribution >= 0.6 is 12.4 Å². The number of carboxylic acids is 1. The van der Waals surface area contributed by atoms with Gasteiger partial charge in [-0.25, -0.2) is 4.39 Å². The molecule has 1 aliphatic heterocycles. The van der Waals surface area contributed by atoms with Gasteiger partial charge in [-0.1, -0.05) is 18.2 Å². The van der Waals surface area contributed by atoms with E-state index < -0.39 is 5.97 Å². The molecule has 3 N–H and O–H groups in total. The van der Waals surface area contributed by atoms with Gasteiger partial charge in [0.1, 0.15) is 5.82 Å². The molecule has 134 valence electrons. The highest BCUT2D eigenvalue weighted by molar-refractivity contribution is 5.85. The summed E-state index contributed by atoms with van der Waals surface area (Å²) in [6, 6.07) is 6.33. The molecule has 1 atom stereocenters. The van der Waals surface area contributed by atoms with E-state index in [9.17, 15) is 14.0 Å². The van der Waals surface area contributed by atoms with Gasteiger partial charge in [-0.2, -0.15) is 0 Å². The zero-order valence-electron chi connectivity index (χ0n) is 13.5. The van der Waals surface area contributed by atoms with Crippen LogP contribution in [0, 0.1) is 5.82 Å². The van der Waals surface area contributed by atoms with Gasteiger partial charge in [-0.05, 0) is 19.4 Å². The number of benzene rings is 1. The maximum absolute atomic E-state index is 13.5. The first-order chi connectivity index (χ1) is 10.9. The minimum Gasteiger partial charge on any atom is -0.480 e. The Morgan fingerprint density at radius 3 is 2.75 bits per heavy atom. The summed E-state index contributed by atoms with van der Waals surface area (Å²) in [6.45, 7) is 3.56. The van der Waals surface area contributed by atoms with Gasteiger partial charge in [0.05, 0.1) is 13.1 Å². The summed E-state index contributed by atoms with van der Waals surface area (Å²) in [7, 11) is 0. The third-order valence-electron chi connectivity index (χ3n) is 4.02. The second-order valence-corrected chi connectivity index (χ2v) is 6.14. The number of hydrogen-bond donors (Lipinski definition) is 3. The maximum Gasteiger partial charge on any atom is 0.317 e. The monoisotopic (exact) mass is 359 g/mol. The fourth-order valence-electron chi connectivity index (χ4n) is 2.72. The number of halogens is 2. The van der Waals surface area contributed by atoms with E-state index in [1.165, 1.54) is 6.07 Å². The summed E-state index contributed by atoms with van der Waals surface area (Å²) >= 11 is 0. The Balaban J connectivity index is 0.00000288. The van der Waals surface area contributed by atoms with E-state index in [-0.39, 0.29) is 49.3 Å². The lowest BCUT2D eigenvalue weighted by Crippen LogP contribution is -2.47. The number of carbonyl (C=O) groups is 2. The molecule has 0 aliphatic carbocycles. The first-order valence-corrected chi connectivity index (χ1v) is 7.57. The van der Waals surface area contributed by atoms with Crippen LogP contribution < -0.4 is 10.6 Å². The quantitative estimate of drug-likeness (QED) is 0.676. The molecule has 1 heterocycles. The number of nitrogens with one attached hydrogen (secondary N) is 2. The van der Waals surface area contributed by atoms with Crippen LogP contribution in [0.1, 0.15) is 18.9 Å². The van der Waals surface area contributed by atoms with Crippen molar-refractivity contribution < 1.29 is 19.1 Å². The van der Waals surface area contributed by atoms with Crippen molar-refractivity contribution >= 4 is 24.3 Å². The molecule has 0 radical (unpaired) electrons. The molecule has 0 spiro atoms. The van der Waals surface area contributed by atoms with Crippen LogP contribution in [0.2, 0.25) is 0 Å². The number of likely N-dealkylation sites (tertiary alicyclic amines) is 1. The van der Waals surface area contributed by atoms with E-state index in [4.69, 9.17) is 5.11 Å². The van der Waals surface area contributed by atoms with Crippen LogP contribution in [0.5, 0.6) is 0 Å². The molecular weight excluding hydrogens is 337 g/mol. The molecule has 1 saturated heterocycles. The fourth-order valence-corrected chi connectivity index (χ4v) is 2.72. The summed E-state index contributed by atoms with van der Waals surface area (Å²) in [5.41, 5.74) is 0.153. The third kappa shape index (κ3) is 6.07. The van der Waals surface area contributed by atoms with Crippen LogP contribution in [0.4, 0.5) is 4.39 Å². The smallest absolute Gasteiger partial charge is 0.317 e. The maximum atomic E-state index is 13.5. The van der Waals surface area contributed by atoms with Crippen LogP contribution in [0.25, 0.3) is 0 Å². The summed E-state index contributed by atoms with van der Waals surface area (Å²) in [4.78, 5) is 24.6. The zero-order valence-corrected chi connectivity index (χ0v) is 14.4. The Morgan fingerprint density at radius 2 is 2.08 bits per heavy atom. The molecule has 2 rings (SSSR count). The number of carboxylic acid groups (broad SMARTS) is 1. The summed E-state index contributed by atoms with van der Waals surface area (Å²) in [5.74, 6) is -1.40. The van der Waals surface area contributed by atoms with E-state index >= 15 is 0 Å². The van der Waals surface area contributed by atoms with Crippen LogP contribution in [0.15, 0.2) is 24.3 Å². The average Bonchev–Trinajstić information content (AvgIpc) is 2.86. The molecule has 1 amide bonds. The van der Waals surface area contributed by atoms with Crippen molar-refractivity contribution in [2.24, 2.45) is 0 Å². The molecule has 1 fully saturated rings.